The molecule has 2 N–H and O–H groups in total. The molecular formula is C15H22N2O3. The topological polar surface area (TPSA) is 61.8 Å². The average Bonchev–Trinajstić information content (AvgIpc) is 2.80. The van der Waals surface area contributed by atoms with Crippen LogP contribution in [0.3, 0.4) is 0 Å². The number of ether oxygens (including phenoxy) is 1. The number of cyclic esters (lactones) is 1. The van der Waals surface area contributed by atoms with E-state index in [1.54, 1.807) is 4.90 Å². The molecular weight excluding hydrogens is 256 g/mol. The van der Waals surface area contributed by atoms with Crippen LogP contribution in [-0.2, 0) is 4.74 Å². The van der Waals surface area contributed by atoms with Crippen LogP contribution in [-0.4, -0.2) is 36.6 Å². The molecule has 2 unspecified atom stereocenters. The van der Waals surface area contributed by atoms with Gasteiger partial charge < -0.3 is 9.84 Å². The van der Waals surface area contributed by atoms with Crippen LogP contribution in [0.1, 0.15) is 26.2 Å². The number of aliphatic hydroxyl groups excluding tert-OH is 1. The molecule has 2 rings (SSSR count). The Balaban J connectivity index is 2.08. The number of hydrogen-bond acceptors (Lipinski definition) is 4. The molecule has 0 saturated carbocycles. The number of anilines is 1. The molecule has 20 heavy (non-hydrogen) atoms. The first-order valence-corrected chi connectivity index (χ1v) is 7.17. The average molecular weight is 278 g/mol. The first-order chi connectivity index (χ1) is 9.77. The second-order valence-electron chi connectivity index (χ2n) is 4.92. The van der Waals surface area contributed by atoms with Gasteiger partial charge in [0.2, 0.25) is 0 Å². The minimum atomic E-state index is -0.524. The van der Waals surface area contributed by atoms with E-state index in [1.807, 2.05) is 30.3 Å². The molecule has 2 atom stereocenters. The molecule has 5 heteroatoms. The summed E-state index contributed by atoms with van der Waals surface area (Å²) in [5.74, 6) is 0. The Morgan fingerprint density at radius 3 is 2.70 bits per heavy atom. The van der Waals surface area contributed by atoms with Gasteiger partial charge in [0.05, 0.1) is 6.61 Å². The van der Waals surface area contributed by atoms with Gasteiger partial charge in [-0.3, -0.25) is 10.2 Å². The van der Waals surface area contributed by atoms with E-state index in [2.05, 4.69) is 12.2 Å². The van der Waals surface area contributed by atoms with E-state index in [9.17, 15) is 9.90 Å². The highest BCUT2D eigenvalue weighted by molar-refractivity contribution is 5.90. The van der Waals surface area contributed by atoms with Crippen molar-refractivity contribution in [3.05, 3.63) is 30.3 Å². The minimum absolute atomic E-state index is 0.180. The Bertz CT molecular complexity index is 424. The van der Waals surface area contributed by atoms with Crippen LogP contribution in [0, 0.1) is 0 Å². The molecule has 1 fully saturated rings. The number of aliphatic hydroxyl groups is 1. The number of amides is 1. The molecule has 1 aromatic rings. The van der Waals surface area contributed by atoms with Gasteiger partial charge in [-0.05, 0) is 25.1 Å². The van der Waals surface area contributed by atoms with Gasteiger partial charge in [0, 0.05) is 5.69 Å². The first kappa shape index (κ1) is 14.8. The van der Waals surface area contributed by atoms with Crippen LogP contribution in [0.25, 0.3) is 0 Å². The number of carbonyl (C=O) groups is 1. The maximum absolute atomic E-state index is 12.0. The molecule has 0 aromatic heterocycles. The Morgan fingerprint density at radius 1 is 1.30 bits per heavy atom. The summed E-state index contributed by atoms with van der Waals surface area (Å²) < 4.78 is 5.22. The van der Waals surface area contributed by atoms with E-state index in [0.29, 0.717) is 0 Å². The highest BCUT2D eigenvalue weighted by Gasteiger charge is 2.41. The number of carbonyl (C=O) groups excluding carboxylic acids is 1. The lowest BCUT2D eigenvalue weighted by molar-refractivity contribution is 0.0777. The molecule has 1 aliphatic heterocycles. The van der Waals surface area contributed by atoms with Gasteiger partial charge in [-0.1, -0.05) is 38.0 Å². The largest absolute Gasteiger partial charge is 0.440 e. The van der Waals surface area contributed by atoms with E-state index in [-0.39, 0.29) is 12.8 Å². The van der Waals surface area contributed by atoms with Crippen LogP contribution in [0.4, 0.5) is 10.5 Å². The van der Waals surface area contributed by atoms with Crippen molar-refractivity contribution in [3.63, 3.8) is 0 Å². The molecule has 1 aromatic carbocycles. The van der Waals surface area contributed by atoms with E-state index < -0.39 is 12.2 Å². The highest BCUT2D eigenvalue weighted by atomic mass is 16.6. The fourth-order valence-corrected chi connectivity index (χ4v) is 2.37. The number of para-hydroxylation sites is 1. The van der Waals surface area contributed by atoms with Crippen LogP contribution >= 0.6 is 0 Å². The Labute approximate surface area is 119 Å². The molecule has 0 spiro atoms. The summed E-state index contributed by atoms with van der Waals surface area (Å²) in [7, 11) is 0. The monoisotopic (exact) mass is 278 g/mol. The Morgan fingerprint density at radius 2 is 2.05 bits per heavy atom. The third-order valence-corrected chi connectivity index (χ3v) is 3.43. The zero-order valence-corrected chi connectivity index (χ0v) is 11.8. The van der Waals surface area contributed by atoms with Crippen LogP contribution in [0.15, 0.2) is 30.3 Å². The summed E-state index contributed by atoms with van der Waals surface area (Å²) in [5, 5.41) is 12.7. The van der Waals surface area contributed by atoms with Crippen LogP contribution in [0.2, 0.25) is 0 Å². The number of unbranched alkanes of at least 4 members (excludes halogenated alkanes) is 2. The number of nitrogens with zero attached hydrogens (tertiary/aromatic N) is 1. The lowest BCUT2D eigenvalue weighted by atomic mass is 10.2. The zero-order valence-electron chi connectivity index (χ0n) is 11.8. The molecule has 1 aliphatic rings. The molecule has 1 amide bonds. The van der Waals surface area contributed by atoms with Crippen molar-refractivity contribution in [2.75, 3.05) is 18.1 Å². The molecule has 0 radical (unpaired) electrons. The standard InChI is InChI=1S/C15H22N2O3/c1-2-3-7-10-16-14-13(11-18)20-15(19)17(14)12-8-5-4-6-9-12/h4-6,8-9,13-14,16,18H,2-3,7,10-11H2,1H3. The number of nitrogens with one attached hydrogen (secondary N) is 1. The van der Waals surface area contributed by atoms with Crippen molar-refractivity contribution in [3.8, 4) is 0 Å². The van der Waals surface area contributed by atoms with Crippen molar-refractivity contribution in [1.82, 2.24) is 5.32 Å². The van der Waals surface area contributed by atoms with Gasteiger partial charge in [-0.15, -0.1) is 0 Å². The summed E-state index contributed by atoms with van der Waals surface area (Å²) in [4.78, 5) is 13.6. The zero-order chi connectivity index (χ0) is 14.4. The number of rotatable bonds is 7. The van der Waals surface area contributed by atoms with Crippen molar-refractivity contribution in [2.45, 2.75) is 38.5 Å². The summed E-state index contributed by atoms with van der Waals surface area (Å²) in [6.45, 7) is 2.77. The third kappa shape index (κ3) is 3.29. The van der Waals surface area contributed by atoms with Crippen LogP contribution in [0.5, 0.6) is 0 Å². The summed E-state index contributed by atoms with van der Waals surface area (Å²) in [6.07, 6.45) is 2.08. The SMILES string of the molecule is CCCCCNC1C(CO)OC(=O)N1c1ccccc1. The van der Waals surface area contributed by atoms with E-state index in [0.717, 1.165) is 31.5 Å². The molecule has 110 valence electrons. The summed E-state index contributed by atoms with van der Waals surface area (Å²) >= 11 is 0. The van der Waals surface area contributed by atoms with Crippen molar-refractivity contribution >= 4 is 11.8 Å². The lowest BCUT2D eigenvalue weighted by Crippen LogP contribution is -2.49. The van der Waals surface area contributed by atoms with Crippen molar-refractivity contribution in [2.24, 2.45) is 0 Å². The first-order valence-electron chi connectivity index (χ1n) is 7.17. The van der Waals surface area contributed by atoms with Gasteiger partial charge in [0.25, 0.3) is 0 Å². The van der Waals surface area contributed by atoms with E-state index in [1.165, 1.54) is 0 Å². The minimum Gasteiger partial charge on any atom is -0.440 e. The number of benzene rings is 1. The Kier molecular flexibility index (Phi) is 5.38. The summed E-state index contributed by atoms with van der Waals surface area (Å²) in [5.41, 5.74) is 0.779. The lowest BCUT2D eigenvalue weighted by Gasteiger charge is -2.25. The predicted octanol–water partition coefficient (Wildman–Crippen LogP) is 2.11. The normalized spacial score (nSPS) is 22.1. The van der Waals surface area contributed by atoms with E-state index in [4.69, 9.17) is 4.74 Å². The number of hydrogen-bond donors (Lipinski definition) is 2. The molecule has 0 bridgehead atoms. The van der Waals surface area contributed by atoms with E-state index >= 15 is 0 Å². The van der Waals surface area contributed by atoms with Crippen molar-refractivity contribution < 1.29 is 14.6 Å². The molecule has 1 saturated heterocycles. The molecule has 0 aliphatic carbocycles. The van der Waals surface area contributed by atoms with Gasteiger partial charge in [0.1, 0.15) is 6.17 Å². The highest BCUT2D eigenvalue weighted by Crippen LogP contribution is 2.25. The summed E-state index contributed by atoms with van der Waals surface area (Å²) in [6, 6.07) is 9.38. The predicted molar refractivity (Wildman–Crippen MR) is 77.6 cm³/mol. The fourth-order valence-electron chi connectivity index (χ4n) is 2.37. The van der Waals surface area contributed by atoms with Gasteiger partial charge in [-0.25, -0.2) is 4.79 Å². The smallest absolute Gasteiger partial charge is 0.416 e. The second-order valence-corrected chi connectivity index (χ2v) is 4.92. The maximum atomic E-state index is 12.0. The Hall–Kier alpha value is -1.59. The second kappa shape index (κ2) is 7.26. The quantitative estimate of drug-likeness (QED) is 0.750. The molecule has 5 nitrogen and oxygen atoms in total. The van der Waals surface area contributed by atoms with Crippen LogP contribution < -0.4 is 10.2 Å². The fraction of sp³-hybridized carbons (Fsp3) is 0.533. The van der Waals surface area contributed by atoms with Crippen molar-refractivity contribution in [1.29, 1.82) is 0 Å². The van der Waals surface area contributed by atoms with Gasteiger partial charge >= 0.3 is 6.09 Å². The third-order valence-electron chi connectivity index (χ3n) is 3.43. The van der Waals surface area contributed by atoms with Gasteiger partial charge in [0.15, 0.2) is 6.10 Å². The molecule has 1 heterocycles. The maximum Gasteiger partial charge on any atom is 0.416 e. The van der Waals surface area contributed by atoms with Gasteiger partial charge in [-0.2, -0.15) is 0 Å².